The fourth-order valence-corrected chi connectivity index (χ4v) is 5.06. The van der Waals surface area contributed by atoms with Gasteiger partial charge in [0, 0.05) is 22.2 Å². The molecule has 0 fully saturated rings. The van der Waals surface area contributed by atoms with Gasteiger partial charge in [-0.3, -0.25) is 0 Å². The SMILES string of the molecule is c1ccc2c(c1)B1c3c4ccccc4nn3-c3ccccc3N1c1ccccc1-2. The first-order valence-corrected chi connectivity index (χ1v) is 9.96. The van der Waals surface area contributed by atoms with Crippen molar-refractivity contribution in [3.8, 4) is 16.8 Å². The van der Waals surface area contributed by atoms with Gasteiger partial charge in [-0.15, -0.1) is 0 Å². The number of para-hydroxylation sites is 3. The molecule has 0 N–H and O–H groups in total. The van der Waals surface area contributed by atoms with Gasteiger partial charge >= 0.3 is 6.85 Å². The number of hydrogen-bond donors (Lipinski definition) is 0. The number of benzene rings is 4. The van der Waals surface area contributed by atoms with Crippen molar-refractivity contribution in [3.63, 3.8) is 0 Å². The van der Waals surface area contributed by atoms with Crippen molar-refractivity contribution in [2.75, 3.05) is 4.81 Å². The topological polar surface area (TPSA) is 21.1 Å². The summed E-state index contributed by atoms with van der Waals surface area (Å²) < 4.78 is 2.16. The van der Waals surface area contributed by atoms with Gasteiger partial charge < -0.3 is 4.81 Å². The molecule has 2 aliphatic rings. The van der Waals surface area contributed by atoms with Crippen LogP contribution in [0.3, 0.4) is 0 Å². The van der Waals surface area contributed by atoms with Crippen LogP contribution in [-0.2, 0) is 0 Å². The van der Waals surface area contributed by atoms with E-state index in [1.807, 2.05) is 0 Å². The predicted octanol–water partition coefficient (Wildman–Crippen LogP) is 4.26. The van der Waals surface area contributed by atoms with Crippen molar-refractivity contribution in [2.45, 2.75) is 0 Å². The Labute approximate surface area is 168 Å². The maximum Gasteiger partial charge on any atom is 0.349 e. The molecule has 3 heterocycles. The summed E-state index contributed by atoms with van der Waals surface area (Å²) in [5, 5.41) is 6.22. The van der Waals surface area contributed by atoms with Crippen molar-refractivity contribution < 1.29 is 0 Å². The molecule has 0 spiro atoms. The second-order valence-electron chi connectivity index (χ2n) is 7.68. The highest BCUT2D eigenvalue weighted by atomic mass is 15.3. The van der Waals surface area contributed by atoms with Gasteiger partial charge in [0.15, 0.2) is 0 Å². The van der Waals surface area contributed by atoms with Gasteiger partial charge in [0.1, 0.15) is 0 Å². The Morgan fingerprint density at radius 2 is 1.24 bits per heavy atom. The number of hydrogen-bond acceptors (Lipinski definition) is 2. The summed E-state index contributed by atoms with van der Waals surface area (Å²) in [5.74, 6) is 0. The van der Waals surface area contributed by atoms with Crippen LogP contribution in [0.1, 0.15) is 0 Å². The van der Waals surface area contributed by atoms with E-state index in [0.717, 1.165) is 11.2 Å². The fraction of sp³-hybridized carbons (Fsp3) is 0. The third-order valence-electron chi connectivity index (χ3n) is 6.21. The predicted molar refractivity (Wildman–Crippen MR) is 120 cm³/mol. The van der Waals surface area contributed by atoms with Gasteiger partial charge in [-0.1, -0.05) is 72.8 Å². The molecule has 3 nitrogen and oxygen atoms in total. The maximum absolute atomic E-state index is 5.00. The Bertz CT molecular complexity index is 1440. The lowest BCUT2D eigenvalue weighted by molar-refractivity contribution is 0.908. The lowest BCUT2D eigenvalue weighted by atomic mass is 9.46. The van der Waals surface area contributed by atoms with Gasteiger partial charge in [0.25, 0.3) is 0 Å². The van der Waals surface area contributed by atoms with Gasteiger partial charge in [0.2, 0.25) is 0 Å². The largest absolute Gasteiger partial charge is 0.374 e. The lowest BCUT2D eigenvalue weighted by Crippen LogP contribution is -2.61. The molecule has 7 rings (SSSR count). The van der Waals surface area contributed by atoms with E-state index in [-0.39, 0.29) is 6.85 Å². The smallest absolute Gasteiger partial charge is 0.349 e. The van der Waals surface area contributed by atoms with Crippen molar-refractivity contribution in [2.24, 2.45) is 0 Å². The summed E-state index contributed by atoms with van der Waals surface area (Å²) >= 11 is 0. The van der Waals surface area contributed by atoms with Gasteiger partial charge in [-0.25, -0.2) is 4.68 Å². The van der Waals surface area contributed by atoms with Gasteiger partial charge in [-0.05, 0) is 35.3 Å². The Balaban J connectivity index is 1.68. The van der Waals surface area contributed by atoms with Crippen LogP contribution in [0.25, 0.3) is 27.7 Å². The highest BCUT2D eigenvalue weighted by Gasteiger charge is 2.44. The molecule has 0 saturated carbocycles. The van der Waals surface area contributed by atoms with E-state index in [0.29, 0.717) is 0 Å². The van der Waals surface area contributed by atoms with Crippen LogP contribution in [0.2, 0.25) is 0 Å². The standard InChI is InChI=1S/C25H16BN3/c1-4-12-20-17(9-1)18-10-3-6-14-22(18)28-23-15-7-8-16-24(23)29-25(26(20)28)19-11-2-5-13-21(19)27-29/h1-16H. The van der Waals surface area contributed by atoms with E-state index in [1.54, 1.807) is 0 Å². The molecule has 134 valence electrons. The van der Waals surface area contributed by atoms with E-state index in [9.17, 15) is 0 Å². The molecule has 5 aromatic rings. The van der Waals surface area contributed by atoms with E-state index >= 15 is 0 Å². The molecule has 2 aliphatic heterocycles. The summed E-state index contributed by atoms with van der Waals surface area (Å²) in [6.45, 7) is 0.0865. The van der Waals surface area contributed by atoms with Crippen LogP contribution < -0.4 is 15.9 Å². The number of fused-ring (bicyclic) bond motifs is 13. The monoisotopic (exact) mass is 369 g/mol. The average molecular weight is 369 g/mol. The zero-order chi connectivity index (χ0) is 18.9. The summed E-state index contributed by atoms with van der Waals surface area (Å²) in [7, 11) is 0. The van der Waals surface area contributed by atoms with Crippen LogP contribution in [-0.4, -0.2) is 16.6 Å². The molecule has 1 aromatic heterocycles. The van der Waals surface area contributed by atoms with E-state index < -0.39 is 0 Å². The molecule has 0 radical (unpaired) electrons. The van der Waals surface area contributed by atoms with Crippen LogP contribution >= 0.6 is 0 Å². The molecular weight excluding hydrogens is 353 g/mol. The normalized spacial score (nSPS) is 13.4. The zero-order valence-electron chi connectivity index (χ0n) is 15.7. The number of aromatic nitrogens is 2. The molecule has 0 saturated heterocycles. The molecule has 4 heteroatoms. The Morgan fingerprint density at radius 3 is 2.14 bits per heavy atom. The molecule has 4 aromatic carbocycles. The van der Waals surface area contributed by atoms with Crippen LogP contribution in [0.5, 0.6) is 0 Å². The van der Waals surface area contributed by atoms with Crippen molar-refractivity contribution in [1.82, 2.24) is 9.78 Å². The van der Waals surface area contributed by atoms with Crippen LogP contribution in [0, 0.1) is 0 Å². The van der Waals surface area contributed by atoms with Crippen molar-refractivity contribution >= 4 is 40.2 Å². The third kappa shape index (κ3) is 1.86. The highest BCUT2D eigenvalue weighted by Crippen LogP contribution is 2.43. The lowest BCUT2D eigenvalue weighted by Gasteiger charge is -2.42. The van der Waals surface area contributed by atoms with E-state index in [1.165, 1.54) is 38.9 Å². The zero-order valence-corrected chi connectivity index (χ0v) is 15.7. The first kappa shape index (κ1) is 15.2. The molecule has 0 atom stereocenters. The van der Waals surface area contributed by atoms with E-state index in [4.69, 9.17) is 5.10 Å². The summed E-state index contributed by atoms with van der Waals surface area (Å²) in [5.41, 5.74) is 9.76. The summed E-state index contributed by atoms with van der Waals surface area (Å²) in [6.07, 6.45) is 0. The van der Waals surface area contributed by atoms with E-state index in [2.05, 4.69) is 107 Å². The number of anilines is 2. The molecular formula is C25H16BN3. The first-order valence-electron chi connectivity index (χ1n) is 9.96. The minimum atomic E-state index is 0.0865. The Kier molecular flexibility index (Phi) is 2.82. The van der Waals surface area contributed by atoms with Crippen molar-refractivity contribution in [3.05, 3.63) is 97.1 Å². The van der Waals surface area contributed by atoms with Crippen LogP contribution in [0.4, 0.5) is 11.4 Å². The van der Waals surface area contributed by atoms with Gasteiger partial charge in [0.05, 0.1) is 16.9 Å². The summed E-state index contributed by atoms with van der Waals surface area (Å²) in [6, 6.07) is 34.6. The van der Waals surface area contributed by atoms with Crippen molar-refractivity contribution in [1.29, 1.82) is 0 Å². The van der Waals surface area contributed by atoms with Gasteiger partial charge in [-0.2, -0.15) is 5.10 Å². The minimum absolute atomic E-state index is 0.0865. The molecule has 0 amide bonds. The Hall–Kier alpha value is -3.79. The second-order valence-corrected chi connectivity index (χ2v) is 7.68. The molecule has 0 unspecified atom stereocenters. The second kappa shape index (κ2) is 5.39. The maximum atomic E-state index is 5.00. The minimum Gasteiger partial charge on any atom is -0.374 e. The average Bonchev–Trinajstić information content (AvgIpc) is 3.19. The fourth-order valence-electron chi connectivity index (χ4n) is 5.06. The number of rotatable bonds is 0. The highest BCUT2D eigenvalue weighted by molar-refractivity contribution is 6.92. The first-order chi connectivity index (χ1) is 14.4. The quantitative estimate of drug-likeness (QED) is 0.380. The summed E-state index contributed by atoms with van der Waals surface area (Å²) in [4.78, 5) is 2.50. The molecule has 29 heavy (non-hydrogen) atoms. The molecule has 0 bridgehead atoms. The van der Waals surface area contributed by atoms with Crippen LogP contribution in [0.15, 0.2) is 97.1 Å². The Morgan fingerprint density at radius 1 is 0.586 bits per heavy atom. The molecule has 0 aliphatic carbocycles. The third-order valence-corrected chi connectivity index (χ3v) is 6.21. The number of nitrogens with zero attached hydrogens (tertiary/aromatic N) is 3.